The molecule has 0 saturated heterocycles. The number of aromatic hydroxyl groups is 2. The third-order valence-corrected chi connectivity index (χ3v) is 7.43. The smallest absolute Gasteiger partial charge is 0.166 e. The van der Waals surface area contributed by atoms with Gasteiger partial charge >= 0.3 is 0 Å². The Bertz CT molecular complexity index is 1790. The third kappa shape index (κ3) is 3.28. The number of phenols is 2. The van der Waals surface area contributed by atoms with Crippen molar-refractivity contribution in [3.05, 3.63) is 133 Å². The highest BCUT2D eigenvalue weighted by atomic mass is 16.3. The fraction of sp³-hybridized carbons (Fsp3) is 0. The molecule has 7 rings (SSSR count). The normalized spacial score (nSPS) is 11.4. The van der Waals surface area contributed by atoms with Crippen LogP contribution in [0.2, 0.25) is 0 Å². The second-order valence-corrected chi connectivity index (χ2v) is 9.57. The van der Waals surface area contributed by atoms with Gasteiger partial charge in [-0.05, 0) is 67.8 Å². The van der Waals surface area contributed by atoms with Crippen molar-refractivity contribution < 1.29 is 10.2 Å². The van der Waals surface area contributed by atoms with Gasteiger partial charge in [0.25, 0.3) is 0 Å². The van der Waals surface area contributed by atoms with Crippen LogP contribution in [0.1, 0.15) is 0 Å². The maximum absolute atomic E-state index is 11.1. The van der Waals surface area contributed by atoms with Crippen molar-refractivity contribution in [3.63, 3.8) is 0 Å². The predicted octanol–water partition coefficient (Wildman–Crippen LogP) is 9.41. The topological polar surface area (TPSA) is 40.5 Å². The maximum atomic E-state index is 11.1. The van der Waals surface area contributed by atoms with Gasteiger partial charge in [0.1, 0.15) is 0 Å². The lowest BCUT2D eigenvalue weighted by Crippen LogP contribution is -2.08. The lowest BCUT2D eigenvalue weighted by molar-refractivity contribution is 0.405. The van der Waals surface area contributed by atoms with Crippen LogP contribution in [0.5, 0.6) is 11.5 Å². The van der Waals surface area contributed by atoms with Gasteiger partial charge in [0.05, 0.1) is 0 Å². The summed E-state index contributed by atoms with van der Waals surface area (Å²) >= 11 is 0. The lowest BCUT2D eigenvalue weighted by Gasteiger charge is -2.35. The van der Waals surface area contributed by atoms with Gasteiger partial charge in [0.2, 0.25) is 0 Å². The van der Waals surface area contributed by atoms with Crippen LogP contribution in [0.4, 0.5) is 0 Å². The zero-order chi connectivity index (χ0) is 25.6. The zero-order valence-electron chi connectivity index (χ0n) is 20.6. The second-order valence-electron chi connectivity index (χ2n) is 9.57. The molecule has 180 valence electrons. The van der Waals surface area contributed by atoms with E-state index in [9.17, 15) is 10.2 Å². The molecule has 0 bridgehead atoms. The highest BCUT2D eigenvalue weighted by Crippen LogP contribution is 2.64. The Hall–Kier alpha value is -5.08. The van der Waals surface area contributed by atoms with E-state index in [4.69, 9.17) is 0 Å². The summed E-state index contributed by atoms with van der Waals surface area (Å²) in [6.45, 7) is 0. The van der Waals surface area contributed by atoms with Gasteiger partial charge in [-0.15, -0.1) is 0 Å². The van der Waals surface area contributed by atoms with E-state index in [2.05, 4.69) is 84.9 Å². The van der Waals surface area contributed by atoms with Gasteiger partial charge in [0.15, 0.2) is 11.5 Å². The highest BCUT2D eigenvalue weighted by Gasteiger charge is 2.37. The molecule has 0 atom stereocenters. The molecule has 1 aliphatic rings. The summed E-state index contributed by atoms with van der Waals surface area (Å²) in [5, 5.41) is 21.6. The Morgan fingerprint density at radius 1 is 0.289 bits per heavy atom. The molecule has 6 aromatic rings. The minimum atomic E-state index is -0.108. The molecule has 0 amide bonds. The minimum absolute atomic E-state index is 0.0716. The van der Waals surface area contributed by atoms with E-state index in [0.29, 0.717) is 5.56 Å². The number of hydrogen-bond acceptors (Lipinski definition) is 2. The standard InChI is InChI=1S/C36H24O2/c37-28-22-21-27-33-31(25-17-9-3-10-18-25)29(23-13-5-1-6-14-23)30(24-15-7-2-8-16-24)32(26-19-11-4-12-20-26)35(33)34(27)36(28)38/h1-22,37-38H. The summed E-state index contributed by atoms with van der Waals surface area (Å²) < 4.78 is 0. The molecule has 0 heterocycles. The van der Waals surface area contributed by atoms with E-state index in [-0.39, 0.29) is 11.5 Å². The minimum Gasteiger partial charge on any atom is -0.504 e. The molecule has 0 aromatic heterocycles. The van der Waals surface area contributed by atoms with Crippen molar-refractivity contribution in [1.29, 1.82) is 0 Å². The van der Waals surface area contributed by atoms with Crippen LogP contribution in [-0.4, -0.2) is 10.2 Å². The molecule has 0 unspecified atom stereocenters. The lowest BCUT2D eigenvalue weighted by atomic mass is 9.67. The molecule has 0 aliphatic heterocycles. The SMILES string of the molecule is Oc1ccc2c(c1O)-c1c(-c3ccccc3)c(-c3ccccc3)c(-c3ccccc3)c(-c3ccccc3)c1-2. The van der Waals surface area contributed by atoms with Crippen molar-refractivity contribution in [3.8, 4) is 78.3 Å². The number of rotatable bonds is 4. The molecule has 6 aromatic carbocycles. The molecular formula is C36H24O2. The third-order valence-electron chi connectivity index (χ3n) is 7.43. The fourth-order valence-corrected chi connectivity index (χ4v) is 5.82. The summed E-state index contributed by atoms with van der Waals surface area (Å²) in [5.74, 6) is -0.180. The van der Waals surface area contributed by atoms with Gasteiger partial charge in [-0.3, -0.25) is 0 Å². The zero-order valence-corrected chi connectivity index (χ0v) is 20.6. The molecule has 2 heteroatoms. The Balaban J connectivity index is 1.75. The van der Waals surface area contributed by atoms with Crippen LogP contribution in [0.15, 0.2) is 133 Å². The number of fused-ring (bicyclic) bond motifs is 4. The van der Waals surface area contributed by atoms with Crippen molar-refractivity contribution in [2.24, 2.45) is 0 Å². The van der Waals surface area contributed by atoms with Gasteiger partial charge in [-0.25, -0.2) is 0 Å². The number of benzene rings is 6. The van der Waals surface area contributed by atoms with Crippen LogP contribution in [0, 0.1) is 0 Å². The first-order valence-electron chi connectivity index (χ1n) is 12.8. The first-order valence-corrected chi connectivity index (χ1v) is 12.8. The summed E-state index contributed by atoms with van der Waals surface area (Å²) in [5.41, 5.74) is 12.5. The van der Waals surface area contributed by atoms with Crippen molar-refractivity contribution in [2.75, 3.05) is 0 Å². The van der Waals surface area contributed by atoms with E-state index in [1.807, 2.05) is 42.5 Å². The Kier molecular flexibility index (Phi) is 5.12. The predicted molar refractivity (Wildman–Crippen MR) is 156 cm³/mol. The van der Waals surface area contributed by atoms with E-state index in [1.165, 1.54) is 0 Å². The quantitative estimate of drug-likeness (QED) is 0.242. The first kappa shape index (κ1) is 22.1. The van der Waals surface area contributed by atoms with Gasteiger partial charge in [-0.2, -0.15) is 0 Å². The van der Waals surface area contributed by atoms with Gasteiger partial charge in [-0.1, -0.05) is 121 Å². The van der Waals surface area contributed by atoms with E-state index in [0.717, 1.165) is 61.2 Å². The van der Waals surface area contributed by atoms with Gasteiger partial charge < -0.3 is 10.2 Å². The highest BCUT2D eigenvalue weighted by molar-refractivity contribution is 6.23. The second kappa shape index (κ2) is 8.79. The van der Waals surface area contributed by atoms with Crippen LogP contribution in [-0.2, 0) is 0 Å². The van der Waals surface area contributed by atoms with Crippen molar-refractivity contribution >= 4 is 0 Å². The summed E-state index contributed by atoms with van der Waals surface area (Å²) in [4.78, 5) is 0. The molecule has 0 spiro atoms. The largest absolute Gasteiger partial charge is 0.504 e. The molecule has 1 aliphatic carbocycles. The number of hydrogen-bond donors (Lipinski definition) is 2. The molecule has 0 radical (unpaired) electrons. The average Bonchev–Trinajstić information content (AvgIpc) is 2.98. The number of phenolic OH excluding ortho intramolecular Hbond substituents is 2. The molecule has 2 N–H and O–H groups in total. The average molecular weight is 489 g/mol. The fourth-order valence-electron chi connectivity index (χ4n) is 5.82. The summed E-state index contributed by atoms with van der Waals surface area (Å²) in [6, 6.07) is 45.3. The monoisotopic (exact) mass is 488 g/mol. The molecular weight excluding hydrogens is 464 g/mol. The first-order chi connectivity index (χ1) is 18.7. The Morgan fingerprint density at radius 2 is 0.632 bits per heavy atom. The Labute approximate surface area is 221 Å². The van der Waals surface area contributed by atoms with Crippen LogP contribution in [0.3, 0.4) is 0 Å². The molecule has 0 saturated carbocycles. The Morgan fingerprint density at radius 3 is 1.03 bits per heavy atom. The maximum Gasteiger partial charge on any atom is 0.166 e. The van der Waals surface area contributed by atoms with E-state index in [1.54, 1.807) is 6.07 Å². The van der Waals surface area contributed by atoms with Crippen LogP contribution in [0.25, 0.3) is 66.8 Å². The van der Waals surface area contributed by atoms with Crippen LogP contribution >= 0.6 is 0 Å². The molecule has 2 nitrogen and oxygen atoms in total. The van der Waals surface area contributed by atoms with Crippen molar-refractivity contribution in [2.45, 2.75) is 0 Å². The van der Waals surface area contributed by atoms with E-state index < -0.39 is 0 Å². The molecule has 38 heavy (non-hydrogen) atoms. The van der Waals surface area contributed by atoms with E-state index >= 15 is 0 Å². The van der Waals surface area contributed by atoms with Crippen molar-refractivity contribution in [1.82, 2.24) is 0 Å². The summed E-state index contributed by atoms with van der Waals surface area (Å²) in [7, 11) is 0. The summed E-state index contributed by atoms with van der Waals surface area (Å²) in [6.07, 6.45) is 0. The molecule has 0 fully saturated rings. The van der Waals surface area contributed by atoms with Gasteiger partial charge in [0, 0.05) is 11.1 Å². The van der Waals surface area contributed by atoms with Crippen LogP contribution < -0.4 is 0 Å².